The van der Waals surface area contributed by atoms with E-state index in [1.165, 1.54) is 4.31 Å². The van der Waals surface area contributed by atoms with Gasteiger partial charge in [0.25, 0.3) is 0 Å². The van der Waals surface area contributed by atoms with Gasteiger partial charge >= 0.3 is 0 Å². The number of rotatable bonds is 6. The molecule has 3 rings (SSSR count). The Hall–Kier alpha value is -2.34. The Kier molecular flexibility index (Phi) is 5.61. The maximum Gasteiger partial charge on any atom is 0.235 e. The van der Waals surface area contributed by atoms with Crippen LogP contribution in [0.15, 0.2) is 48.5 Å². The number of fused-ring (bicyclic) bond motifs is 1. The van der Waals surface area contributed by atoms with Crippen LogP contribution < -0.4 is 9.62 Å². The van der Waals surface area contributed by atoms with Crippen LogP contribution in [0.25, 0.3) is 0 Å². The van der Waals surface area contributed by atoms with Crippen molar-refractivity contribution in [3.05, 3.63) is 65.2 Å². The van der Waals surface area contributed by atoms with E-state index < -0.39 is 10.0 Å². The number of para-hydroxylation sites is 1. The molecule has 0 atom stereocenters. The van der Waals surface area contributed by atoms with E-state index in [0.717, 1.165) is 35.2 Å². The van der Waals surface area contributed by atoms with Crippen LogP contribution in [0.1, 0.15) is 29.5 Å². The van der Waals surface area contributed by atoms with Crippen molar-refractivity contribution in [1.82, 2.24) is 5.32 Å². The van der Waals surface area contributed by atoms with Crippen LogP contribution in [-0.4, -0.2) is 26.6 Å². The van der Waals surface area contributed by atoms with Gasteiger partial charge in [-0.3, -0.25) is 9.10 Å². The van der Waals surface area contributed by atoms with Crippen LogP contribution in [-0.2, 0) is 27.8 Å². The third-order valence-electron chi connectivity index (χ3n) is 4.73. The van der Waals surface area contributed by atoms with Crippen molar-refractivity contribution >= 4 is 21.6 Å². The number of benzene rings is 2. The second-order valence-electron chi connectivity index (χ2n) is 6.57. The highest BCUT2D eigenvalue weighted by atomic mass is 32.2. The Morgan fingerprint density at radius 2 is 1.85 bits per heavy atom. The molecule has 138 valence electrons. The molecule has 1 N–H and O–H groups in total. The summed E-state index contributed by atoms with van der Waals surface area (Å²) in [5.74, 6) is -0.428. The quantitative estimate of drug-likeness (QED) is 0.848. The van der Waals surface area contributed by atoms with Crippen LogP contribution >= 0.6 is 0 Å². The summed E-state index contributed by atoms with van der Waals surface area (Å²) < 4.78 is 26.9. The number of carbonyl (C=O) groups is 1. The first-order chi connectivity index (χ1) is 12.5. The van der Waals surface area contributed by atoms with Crippen LogP contribution in [0.2, 0.25) is 0 Å². The molecule has 1 heterocycles. The predicted molar refractivity (Wildman–Crippen MR) is 104 cm³/mol. The molecule has 1 aliphatic rings. The average Bonchev–Trinajstić information content (AvgIpc) is 2.65. The molecule has 2 aromatic carbocycles. The number of amides is 1. The summed E-state index contributed by atoms with van der Waals surface area (Å²) in [5, 5.41) is 2.81. The van der Waals surface area contributed by atoms with E-state index in [4.69, 9.17) is 0 Å². The number of anilines is 1. The number of nitrogens with zero attached hydrogens (tertiary/aromatic N) is 1. The predicted octanol–water partition coefficient (Wildman–Crippen LogP) is 2.78. The summed E-state index contributed by atoms with van der Waals surface area (Å²) in [7, 11) is -3.51. The second-order valence-corrected chi connectivity index (χ2v) is 8.59. The molecule has 1 amide bonds. The Balaban J connectivity index is 1.59. The van der Waals surface area contributed by atoms with E-state index in [1.807, 2.05) is 55.5 Å². The SMILES string of the molecule is Cc1ccccc1CNC(=O)CCS(=O)(=O)N1CCCc2ccccc21. The van der Waals surface area contributed by atoms with E-state index in [0.29, 0.717) is 13.1 Å². The molecule has 6 heteroatoms. The number of hydrogen-bond acceptors (Lipinski definition) is 3. The summed E-state index contributed by atoms with van der Waals surface area (Å²) in [6, 6.07) is 15.4. The van der Waals surface area contributed by atoms with Crippen molar-refractivity contribution < 1.29 is 13.2 Å². The Morgan fingerprint density at radius 3 is 2.65 bits per heavy atom. The number of carbonyl (C=O) groups excluding carboxylic acids is 1. The van der Waals surface area contributed by atoms with E-state index >= 15 is 0 Å². The molecule has 0 radical (unpaired) electrons. The van der Waals surface area contributed by atoms with Gasteiger partial charge in [0.1, 0.15) is 0 Å². The van der Waals surface area contributed by atoms with E-state index in [-0.39, 0.29) is 18.1 Å². The zero-order chi connectivity index (χ0) is 18.6. The van der Waals surface area contributed by atoms with Crippen LogP contribution in [0, 0.1) is 6.92 Å². The summed E-state index contributed by atoms with van der Waals surface area (Å²) in [4.78, 5) is 12.1. The van der Waals surface area contributed by atoms with Crippen molar-refractivity contribution in [2.24, 2.45) is 0 Å². The smallest absolute Gasteiger partial charge is 0.235 e. The van der Waals surface area contributed by atoms with Gasteiger partial charge in [0.2, 0.25) is 15.9 Å². The monoisotopic (exact) mass is 372 g/mol. The van der Waals surface area contributed by atoms with E-state index in [2.05, 4.69) is 5.32 Å². The highest BCUT2D eigenvalue weighted by Gasteiger charge is 2.27. The first-order valence-corrected chi connectivity index (χ1v) is 10.5. The molecule has 1 aliphatic heterocycles. The van der Waals surface area contributed by atoms with Gasteiger partial charge in [-0.05, 0) is 42.5 Å². The van der Waals surface area contributed by atoms with Crippen LogP contribution in [0.3, 0.4) is 0 Å². The van der Waals surface area contributed by atoms with Gasteiger partial charge < -0.3 is 5.32 Å². The molecule has 0 aromatic heterocycles. The molecule has 0 aliphatic carbocycles. The van der Waals surface area contributed by atoms with Crippen LogP contribution in [0.4, 0.5) is 5.69 Å². The Bertz CT molecular complexity index is 893. The number of nitrogens with one attached hydrogen (secondary N) is 1. The standard InChI is InChI=1S/C20H24N2O3S/c1-16-7-2-3-9-18(16)15-21-20(23)12-14-26(24,25)22-13-6-10-17-8-4-5-11-19(17)22/h2-5,7-9,11H,6,10,12-15H2,1H3,(H,21,23). The van der Waals surface area contributed by atoms with Gasteiger partial charge in [-0.2, -0.15) is 0 Å². The number of aryl methyl sites for hydroxylation is 2. The second kappa shape index (κ2) is 7.91. The Labute approximate surface area is 155 Å². The maximum absolute atomic E-state index is 12.7. The minimum atomic E-state index is -3.51. The molecule has 0 fully saturated rings. The fourth-order valence-corrected chi connectivity index (χ4v) is 4.76. The highest BCUT2D eigenvalue weighted by Crippen LogP contribution is 2.29. The first kappa shape index (κ1) is 18.5. The zero-order valence-electron chi connectivity index (χ0n) is 14.9. The molecular formula is C20H24N2O3S. The average molecular weight is 372 g/mol. The summed E-state index contributed by atoms with van der Waals surface area (Å²) >= 11 is 0. The van der Waals surface area contributed by atoms with Gasteiger partial charge in [0, 0.05) is 19.5 Å². The summed E-state index contributed by atoms with van der Waals surface area (Å²) in [6.45, 7) is 2.88. The molecule has 0 saturated heterocycles. The lowest BCUT2D eigenvalue weighted by Crippen LogP contribution is -2.38. The summed E-state index contributed by atoms with van der Waals surface area (Å²) in [5.41, 5.74) is 3.93. The minimum absolute atomic E-state index is 0.0348. The molecule has 0 bridgehead atoms. The normalized spacial score (nSPS) is 14.0. The van der Waals surface area contributed by atoms with Crippen molar-refractivity contribution in [3.63, 3.8) is 0 Å². The minimum Gasteiger partial charge on any atom is -0.352 e. The van der Waals surface area contributed by atoms with Gasteiger partial charge in [0.05, 0.1) is 11.4 Å². The third kappa shape index (κ3) is 4.25. The van der Waals surface area contributed by atoms with Crippen molar-refractivity contribution in [2.75, 3.05) is 16.6 Å². The third-order valence-corrected chi connectivity index (χ3v) is 6.50. The molecule has 0 saturated carbocycles. The number of sulfonamides is 1. The first-order valence-electron chi connectivity index (χ1n) is 8.87. The van der Waals surface area contributed by atoms with E-state index in [9.17, 15) is 13.2 Å². The molecule has 0 spiro atoms. The number of hydrogen-bond donors (Lipinski definition) is 1. The lowest BCUT2D eigenvalue weighted by Gasteiger charge is -2.30. The topological polar surface area (TPSA) is 66.5 Å². The fourth-order valence-electron chi connectivity index (χ4n) is 3.21. The maximum atomic E-state index is 12.7. The molecule has 26 heavy (non-hydrogen) atoms. The summed E-state index contributed by atoms with van der Waals surface area (Å²) in [6.07, 6.45) is 1.65. The van der Waals surface area contributed by atoms with E-state index in [1.54, 1.807) is 0 Å². The van der Waals surface area contributed by atoms with Crippen molar-refractivity contribution in [3.8, 4) is 0 Å². The molecular weight excluding hydrogens is 348 g/mol. The molecule has 5 nitrogen and oxygen atoms in total. The van der Waals surface area contributed by atoms with Crippen LogP contribution in [0.5, 0.6) is 0 Å². The van der Waals surface area contributed by atoms with Gasteiger partial charge in [-0.1, -0.05) is 42.5 Å². The van der Waals surface area contributed by atoms with Gasteiger partial charge in [-0.15, -0.1) is 0 Å². The lowest BCUT2D eigenvalue weighted by atomic mass is 10.0. The Morgan fingerprint density at radius 1 is 1.12 bits per heavy atom. The molecule has 0 unspecified atom stereocenters. The zero-order valence-corrected chi connectivity index (χ0v) is 15.8. The fraction of sp³-hybridized carbons (Fsp3) is 0.350. The van der Waals surface area contributed by atoms with Gasteiger partial charge in [0.15, 0.2) is 0 Å². The highest BCUT2D eigenvalue weighted by molar-refractivity contribution is 7.92. The lowest BCUT2D eigenvalue weighted by molar-refractivity contribution is -0.120. The van der Waals surface area contributed by atoms with Crippen molar-refractivity contribution in [2.45, 2.75) is 32.7 Å². The largest absolute Gasteiger partial charge is 0.352 e. The van der Waals surface area contributed by atoms with Gasteiger partial charge in [-0.25, -0.2) is 8.42 Å². The molecule has 2 aromatic rings. The van der Waals surface area contributed by atoms with Crippen molar-refractivity contribution in [1.29, 1.82) is 0 Å².